The van der Waals surface area contributed by atoms with Gasteiger partial charge in [-0.25, -0.2) is 0 Å². The van der Waals surface area contributed by atoms with Crippen molar-refractivity contribution < 1.29 is 38.3 Å². The first-order valence-corrected chi connectivity index (χ1v) is 24.6. The molecular weight excluding hydrogens is 489 g/mol. The third kappa shape index (κ3) is 16.9. The van der Waals surface area contributed by atoms with Crippen LogP contribution >= 0.6 is 0 Å². The Hall–Kier alpha value is 0.568. The molecule has 0 aromatic heterocycles. The highest BCUT2D eigenvalue weighted by Crippen LogP contribution is 2.30. The van der Waals surface area contributed by atoms with Gasteiger partial charge in [0.1, 0.15) is 0 Å². The van der Waals surface area contributed by atoms with E-state index in [0.717, 1.165) is 0 Å². The minimum Gasteiger partial charge on any atom is -0.437 e. The largest absolute Gasteiger partial charge is 0.437 e. The van der Waals surface area contributed by atoms with Crippen molar-refractivity contribution in [3.8, 4) is 0 Å². The van der Waals surface area contributed by atoms with Gasteiger partial charge in [-0.05, 0) is 77.3 Å². The van der Waals surface area contributed by atoms with Crippen molar-refractivity contribution in [2.75, 3.05) is 11.5 Å². The van der Waals surface area contributed by atoms with Crippen molar-refractivity contribution in [1.29, 1.82) is 0 Å². The fraction of sp³-hybridized carbons (Fsp3) is 1.00. The van der Waals surface area contributed by atoms with Gasteiger partial charge in [-0.3, -0.25) is 9.11 Å². The van der Waals surface area contributed by atoms with Crippen LogP contribution in [0.3, 0.4) is 0 Å². The molecule has 29 heavy (non-hydrogen) atoms. The molecule has 0 fully saturated rings. The van der Waals surface area contributed by atoms with E-state index >= 15 is 0 Å². The zero-order chi connectivity index (χ0) is 23.4. The Morgan fingerprint density at radius 2 is 0.862 bits per heavy atom. The smallest absolute Gasteiger partial charge is 0.315 e. The Morgan fingerprint density at radius 3 is 1.07 bits per heavy atom. The molecule has 0 aromatic rings. The molecule has 0 aliphatic rings. The van der Waals surface area contributed by atoms with E-state index < -0.39 is 54.0 Å². The number of hydrogen-bond donors (Lipinski definition) is 2. The van der Waals surface area contributed by atoms with E-state index in [9.17, 15) is 16.8 Å². The molecule has 0 bridgehead atoms. The van der Waals surface area contributed by atoms with Gasteiger partial charge >= 0.3 is 17.1 Å². The summed E-state index contributed by atoms with van der Waals surface area (Å²) in [6, 6.07) is 0.736. The van der Waals surface area contributed by atoms with Crippen LogP contribution in [0.15, 0.2) is 0 Å². The van der Waals surface area contributed by atoms with Crippen LogP contribution < -0.4 is 0 Å². The molecule has 0 saturated carbocycles. The number of hydrogen-bond acceptors (Lipinski definition) is 7. The molecule has 176 valence electrons. The summed E-state index contributed by atoms with van der Waals surface area (Å²) in [5.74, 6) is -0.742. The zero-order valence-electron chi connectivity index (χ0n) is 18.8. The molecule has 0 amide bonds. The average Bonchev–Trinajstić information content (AvgIpc) is 2.28. The third-order valence-electron chi connectivity index (χ3n) is 3.54. The maximum absolute atomic E-state index is 11.1. The van der Waals surface area contributed by atoms with Gasteiger partial charge in [0.2, 0.25) is 0 Å². The first kappa shape index (κ1) is 29.6. The molecule has 2 atom stereocenters. The molecule has 0 aliphatic carbocycles. The van der Waals surface area contributed by atoms with E-state index in [1.165, 1.54) is 0 Å². The van der Waals surface area contributed by atoms with Gasteiger partial charge in [0.25, 0.3) is 20.2 Å². The minimum atomic E-state index is -4.08. The van der Waals surface area contributed by atoms with Gasteiger partial charge < -0.3 is 12.3 Å². The molecule has 0 aliphatic heterocycles. The lowest BCUT2D eigenvalue weighted by molar-refractivity contribution is 0.316. The van der Waals surface area contributed by atoms with Crippen LogP contribution in [0.2, 0.25) is 64.5 Å². The topological polar surface area (TPSA) is 136 Å². The SMILES string of the molecule is C[Si](C)(C)O[Si](C)(CCCS(=O)(=O)O)O[Si](C)(CCCS(=O)(=O)O)O[Si](C)(C)C. The fourth-order valence-electron chi connectivity index (χ4n) is 3.15. The average molecular weight is 527 g/mol. The Bertz CT molecular complexity index is 669. The van der Waals surface area contributed by atoms with Crippen molar-refractivity contribution in [3.05, 3.63) is 0 Å². The normalized spacial score (nSPS) is 18.3. The van der Waals surface area contributed by atoms with Crippen molar-refractivity contribution in [2.45, 2.75) is 77.3 Å². The standard InChI is InChI=1S/C14H38O9S2Si4/c1-26(2,3)21-28(7,13-9-11-24(15,16)17)23-29(8,22-27(4,5)6)14-10-12-25(18,19)20/h9-14H2,1-8H3,(H,15,16,17)(H,18,19,20). The summed E-state index contributed by atoms with van der Waals surface area (Å²) in [5.41, 5.74) is 0. The molecule has 9 nitrogen and oxygen atoms in total. The van der Waals surface area contributed by atoms with E-state index in [-0.39, 0.29) is 24.3 Å². The molecule has 15 heteroatoms. The molecule has 0 heterocycles. The summed E-state index contributed by atoms with van der Waals surface area (Å²) in [7, 11) is -18.0. The van der Waals surface area contributed by atoms with E-state index in [1.807, 2.05) is 52.4 Å². The van der Waals surface area contributed by atoms with Gasteiger partial charge in [-0.2, -0.15) is 16.8 Å². The lowest BCUT2D eigenvalue weighted by Crippen LogP contribution is -2.58. The van der Waals surface area contributed by atoms with Crippen LogP contribution in [0.5, 0.6) is 0 Å². The predicted molar refractivity (Wildman–Crippen MR) is 125 cm³/mol. The Morgan fingerprint density at radius 1 is 0.586 bits per heavy atom. The highest BCUT2D eigenvalue weighted by atomic mass is 32.2. The van der Waals surface area contributed by atoms with Crippen LogP contribution in [0.1, 0.15) is 12.8 Å². The minimum absolute atomic E-state index is 0.203. The lowest BCUT2D eigenvalue weighted by atomic mass is 10.6. The van der Waals surface area contributed by atoms with Gasteiger partial charge in [0.05, 0.1) is 11.5 Å². The molecule has 0 spiro atoms. The lowest BCUT2D eigenvalue weighted by Gasteiger charge is -2.43. The van der Waals surface area contributed by atoms with Crippen LogP contribution in [0, 0.1) is 0 Å². The molecule has 2 N–H and O–H groups in total. The summed E-state index contributed by atoms with van der Waals surface area (Å²) >= 11 is 0. The molecule has 2 unspecified atom stereocenters. The van der Waals surface area contributed by atoms with Crippen molar-refractivity contribution >= 4 is 54.0 Å². The highest BCUT2D eigenvalue weighted by molar-refractivity contribution is 7.86. The molecule has 0 saturated heterocycles. The highest BCUT2D eigenvalue weighted by Gasteiger charge is 2.46. The van der Waals surface area contributed by atoms with Gasteiger partial charge in [0.15, 0.2) is 16.6 Å². The zero-order valence-corrected chi connectivity index (χ0v) is 24.4. The summed E-state index contributed by atoms with van der Waals surface area (Å²) in [4.78, 5) is 0. The Kier molecular flexibility index (Phi) is 10.7. The van der Waals surface area contributed by atoms with Crippen LogP contribution in [0.4, 0.5) is 0 Å². The molecule has 0 radical (unpaired) electrons. The van der Waals surface area contributed by atoms with Gasteiger partial charge in [-0.1, -0.05) is 0 Å². The summed E-state index contributed by atoms with van der Waals surface area (Å²) in [6.45, 7) is 15.8. The molecule has 0 rings (SSSR count). The summed E-state index contributed by atoms with van der Waals surface area (Å²) < 4.78 is 81.9. The monoisotopic (exact) mass is 526 g/mol. The summed E-state index contributed by atoms with van der Waals surface area (Å²) in [6.07, 6.45) is 0.406. The first-order chi connectivity index (χ1) is 12.5. The van der Waals surface area contributed by atoms with Crippen molar-refractivity contribution in [3.63, 3.8) is 0 Å². The Balaban J connectivity index is 5.63. The maximum Gasteiger partial charge on any atom is 0.315 e. The number of rotatable bonds is 14. The van der Waals surface area contributed by atoms with Gasteiger partial charge in [-0.15, -0.1) is 0 Å². The first-order valence-electron chi connectivity index (χ1n) is 9.54. The quantitative estimate of drug-likeness (QED) is 0.258. The second-order valence-electron chi connectivity index (χ2n) is 9.58. The maximum atomic E-state index is 11.1. The van der Waals surface area contributed by atoms with Crippen LogP contribution in [-0.2, 0) is 32.6 Å². The predicted octanol–water partition coefficient (Wildman–Crippen LogP) is 3.41. The molecule has 0 aromatic carbocycles. The van der Waals surface area contributed by atoms with Crippen molar-refractivity contribution in [2.24, 2.45) is 0 Å². The third-order valence-corrected chi connectivity index (χ3v) is 19.5. The van der Waals surface area contributed by atoms with E-state index in [4.69, 9.17) is 21.5 Å². The van der Waals surface area contributed by atoms with E-state index in [2.05, 4.69) is 0 Å². The summed E-state index contributed by atoms with van der Waals surface area (Å²) in [5, 5.41) is 0. The van der Waals surface area contributed by atoms with E-state index in [1.54, 1.807) is 0 Å². The second kappa shape index (κ2) is 10.5. The van der Waals surface area contributed by atoms with Crippen molar-refractivity contribution in [1.82, 2.24) is 0 Å². The van der Waals surface area contributed by atoms with Crippen LogP contribution in [0.25, 0.3) is 0 Å². The fourth-order valence-corrected chi connectivity index (χ4v) is 23.1. The van der Waals surface area contributed by atoms with E-state index in [0.29, 0.717) is 12.1 Å². The Labute approximate surface area is 180 Å². The molecular formula is C14H38O9S2Si4. The van der Waals surface area contributed by atoms with Crippen LogP contribution in [-0.4, -0.2) is 71.2 Å². The second-order valence-corrected chi connectivity index (χ2v) is 29.2. The van der Waals surface area contributed by atoms with Gasteiger partial charge in [0, 0.05) is 0 Å².